The topological polar surface area (TPSA) is 50.9 Å². The summed E-state index contributed by atoms with van der Waals surface area (Å²) in [5.74, 6) is 0.465. The van der Waals surface area contributed by atoms with Crippen molar-refractivity contribution in [2.45, 2.75) is 18.9 Å². The van der Waals surface area contributed by atoms with Gasteiger partial charge in [0.1, 0.15) is 11.6 Å². The van der Waals surface area contributed by atoms with Gasteiger partial charge in [-0.25, -0.2) is 9.37 Å². The number of aryl methyl sites for hydroxylation is 2. The van der Waals surface area contributed by atoms with E-state index in [1.54, 1.807) is 6.20 Å². The van der Waals surface area contributed by atoms with Crippen LogP contribution < -0.4 is 0 Å². The summed E-state index contributed by atoms with van der Waals surface area (Å²) in [7, 11) is 1.90. The zero-order chi connectivity index (χ0) is 12.3. The number of hydrogen-bond donors (Lipinski definition) is 1. The van der Waals surface area contributed by atoms with Crippen LogP contribution in [0.2, 0.25) is 0 Å². The Morgan fingerprint density at radius 2 is 2.29 bits per heavy atom. The van der Waals surface area contributed by atoms with Gasteiger partial charge in [-0.15, -0.1) is 0 Å². The van der Waals surface area contributed by atoms with Gasteiger partial charge in [-0.3, -0.25) is 4.98 Å². The lowest BCUT2D eigenvalue weighted by atomic mass is 10.1. The molecule has 0 saturated carbocycles. The van der Waals surface area contributed by atoms with Gasteiger partial charge >= 0.3 is 0 Å². The molecule has 90 valence electrons. The van der Waals surface area contributed by atoms with Crippen molar-refractivity contribution in [3.05, 3.63) is 48.1 Å². The molecule has 2 aromatic rings. The molecule has 1 atom stereocenters. The number of nitrogens with zero attached hydrogens (tertiary/aromatic N) is 3. The van der Waals surface area contributed by atoms with Crippen LogP contribution in [-0.4, -0.2) is 19.6 Å². The number of aliphatic hydroxyl groups excluding tert-OH is 1. The van der Waals surface area contributed by atoms with Gasteiger partial charge < -0.3 is 9.67 Å². The van der Waals surface area contributed by atoms with Gasteiger partial charge in [-0.05, 0) is 12.5 Å². The highest BCUT2D eigenvalue weighted by molar-refractivity contribution is 5.13. The largest absolute Gasteiger partial charge is 0.388 e. The lowest BCUT2D eigenvalue weighted by Gasteiger charge is -2.10. The van der Waals surface area contributed by atoms with Gasteiger partial charge in [0.2, 0.25) is 0 Å². The van der Waals surface area contributed by atoms with Crippen molar-refractivity contribution < 1.29 is 9.50 Å². The van der Waals surface area contributed by atoms with Crippen LogP contribution in [0.15, 0.2) is 30.9 Å². The van der Waals surface area contributed by atoms with E-state index in [9.17, 15) is 9.50 Å². The highest BCUT2D eigenvalue weighted by atomic mass is 19.1. The van der Waals surface area contributed by atoms with Gasteiger partial charge in [0.05, 0.1) is 12.3 Å². The third-order valence-corrected chi connectivity index (χ3v) is 2.67. The number of aromatic nitrogens is 3. The van der Waals surface area contributed by atoms with E-state index in [1.807, 2.05) is 17.8 Å². The van der Waals surface area contributed by atoms with Crippen molar-refractivity contribution in [1.82, 2.24) is 14.5 Å². The molecular formula is C12H14FN3O. The molecule has 1 unspecified atom stereocenters. The molecule has 0 aliphatic carbocycles. The molecule has 5 heteroatoms. The van der Waals surface area contributed by atoms with Crippen LogP contribution in [0.3, 0.4) is 0 Å². The molecule has 0 aliphatic rings. The Morgan fingerprint density at radius 3 is 2.94 bits per heavy atom. The van der Waals surface area contributed by atoms with Gasteiger partial charge in [0.25, 0.3) is 0 Å². The van der Waals surface area contributed by atoms with Crippen LogP contribution in [0.4, 0.5) is 4.39 Å². The fraction of sp³-hybridized carbons (Fsp3) is 0.333. The van der Waals surface area contributed by atoms with Crippen molar-refractivity contribution in [2.24, 2.45) is 7.05 Å². The second kappa shape index (κ2) is 5.05. The predicted octanol–water partition coefficient (Wildman–Crippen LogP) is 1.62. The number of hydrogen-bond acceptors (Lipinski definition) is 3. The Balaban J connectivity index is 1.98. The summed E-state index contributed by atoms with van der Waals surface area (Å²) < 4.78 is 14.8. The van der Waals surface area contributed by atoms with Gasteiger partial charge in [-0.1, -0.05) is 0 Å². The first-order valence-corrected chi connectivity index (χ1v) is 5.41. The number of aliphatic hydroxyl groups is 1. The molecule has 0 radical (unpaired) electrons. The average Bonchev–Trinajstić information content (AvgIpc) is 2.72. The summed E-state index contributed by atoms with van der Waals surface area (Å²) in [4.78, 5) is 7.87. The zero-order valence-electron chi connectivity index (χ0n) is 9.55. The van der Waals surface area contributed by atoms with Crippen LogP contribution in [0, 0.1) is 5.82 Å². The van der Waals surface area contributed by atoms with E-state index < -0.39 is 11.9 Å². The van der Waals surface area contributed by atoms with Crippen LogP contribution in [0.25, 0.3) is 0 Å². The quantitative estimate of drug-likeness (QED) is 0.876. The average molecular weight is 235 g/mol. The first-order chi connectivity index (χ1) is 8.16. The van der Waals surface area contributed by atoms with Crippen molar-refractivity contribution in [3.8, 4) is 0 Å². The Labute approximate surface area is 98.8 Å². The monoisotopic (exact) mass is 235 g/mol. The van der Waals surface area contributed by atoms with E-state index in [-0.39, 0.29) is 0 Å². The van der Waals surface area contributed by atoms with Crippen molar-refractivity contribution >= 4 is 0 Å². The maximum atomic E-state index is 12.9. The van der Waals surface area contributed by atoms with Crippen LogP contribution >= 0.6 is 0 Å². The molecule has 1 N–H and O–H groups in total. The second-order valence-corrected chi connectivity index (χ2v) is 3.95. The van der Waals surface area contributed by atoms with Crippen LogP contribution in [-0.2, 0) is 13.5 Å². The van der Waals surface area contributed by atoms with E-state index in [4.69, 9.17) is 0 Å². The Morgan fingerprint density at radius 1 is 1.47 bits per heavy atom. The Kier molecular flexibility index (Phi) is 3.49. The van der Waals surface area contributed by atoms with Gasteiger partial charge in [0.15, 0.2) is 0 Å². The molecular weight excluding hydrogens is 221 g/mol. The predicted molar refractivity (Wildman–Crippen MR) is 60.7 cm³/mol. The minimum absolute atomic E-state index is 0.432. The lowest BCUT2D eigenvalue weighted by molar-refractivity contribution is 0.166. The summed E-state index contributed by atoms with van der Waals surface area (Å²) in [5.41, 5.74) is 0.499. The standard InChI is InChI=1S/C12H14FN3O/c1-16-5-4-15-12(16)3-2-11(17)9-6-10(13)8-14-7-9/h4-8,11,17H,2-3H2,1H3. The minimum atomic E-state index is -0.713. The molecule has 0 aliphatic heterocycles. The molecule has 0 bridgehead atoms. The third kappa shape index (κ3) is 2.88. The molecule has 0 amide bonds. The summed E-state index contributed by atoms with van der Waals surface area (Å²) in [6.45, 7) is 0. The normalized spacial score (nSPS) is 12.6. The summed E-state index contributed by atoms with van der Waals surface area (Å²) in [6, 6.07) is 1.30. The first-order valence-electron chi connectivity index (χ1n) is 5.41. The zero-order valence-corrected chi connectivity index (χ0v) is 9.55. The smallest absolute Gasteiger partial charge is 0.141 e. The Hall–Kier alpha value is -1.75. The highest BCUT2D eigenvalue weighted by Gasteiger charge is 2.10. The SMILES string of the molecule is Cn1ccnc1CCC(O)c1cncc(F)c1. The fourth-order valence-electron chi connectivity index (χ4n) is 1.68. The number of halogens is 1. The number of rotatable bonds is 4. The Bertz CT molecular complexity index is 498. The maximum absolute atomic E-state index is 12.9. The second-order valence-electron chi connectivity index (χ2n) is 3.95. The molecule has 4 nitrogen and oxygen atoms in total. The molecule has 0 spiro atoms. The van der Waals surface area contributed by atoms with Gasteiger partial charge in [-0.2, -0.15) is 0 Å². The van der Waals surface area contributed by atoms with Crippen LogP contribution in [0.1, 0.15) is 23.9 Å². The first kappa shape index (κ1) is 11.7. The van der Waals surface area contributed by atoms with E-state index in [1.165, 1.54) is 12.3 Å². The van der Waals surface area contributed by atoms with Crippen LogP contribution in [0.5, 0.6) is 0 Å². The van der Waals surface area contributed by atoms with Crippen molar-refractivity contribution in [2.75, 3.05) is 0 Å². The lowest BCUT2D eigenvalue weighted by Crippen LogP contribution is -2.04. The summed E-state index contributed by atoms with van der Waals surface area (Å²) in [6.07, 6.45) is 6.59. The summed E-state index contributed by atoms with van der Waals surface area (Å²) >= 11 is 0. The van der Waals surface area contributed by atoms with E-state index in [0.717, 1.165) is 12.0 Å². The molecule has 2 rings (SSSR count). The molecule has 0 saturated heterocycles. The third-order valence-electron chi connectivity index (χ3n) is 2.67. The number of imidazole rings is 1. The van der Waals surface area contributed by atoms with E-state index in [2.05, 4.69) is 9.97 Å². The minimum Gasteiger partial charge on any atom is -0.388 e. The van der Waals surface area contributed by atoms with Crippen molar-refractivity contribution in [3.63, 3.8) is 0 Å². The molecule has 0 fully saturated rings. The highest BCUT2D eigenvalue weighted by Crippen LogP contribution is 2.18. The number of pyridine rings is 1. The van der Waals surface area contributed by atoms with E-state index >= 15 is 0 Å². The van der Waals surface area contributed by atoms with Gasteiger partial charge in [0, 0.05) is 37.6 Å². The van der Waals surface area contributed by atoms with E-state index in [0.29, 0.717) is 18.4 Å². The maximum Gasteiger partial charge on any atom is 0.141 e. The molecule has 0 aromatic carbocycles. The van der Waals surface area contributed by atoms with Crippen molar-refractivity contribution in [1.29, 1.82) is 0 Å². The summed E-state index contributed by atoms with van der Waals surface area (Å²) in [5, 5.41) is 9.89. The fourth-order valence-corrected chi connectivity index (χ4v) is 1.68. The molecule has 2 aromatic heterocycles. The molecule has 17 heavy (non-hydrogen) atoms. The molecule has 2 heterocycles.